The topological polar surface area (TPSA) is 24.5 Å². The van der Waals surface area contributed by atoms with E-state index in [1.165, 1.54) is 16.7 Å². The summed E-state index contributed by atoms with van der Waals surface area (Å²) in [5.74, 6) is 0. The van der Waals surface area contributed by atoms with Gasteiger partial charge in [-0.2, -0.15) is 0 Å². The van der Waals surface area contributed by atoms with Crippen LogP contribution in [0.4, 0.5) is 0 Å². The van der Waals surface area contributed by atoms with E-state index in [1.54, 1.807) is 0 Å². The van der Waals surface area contributed by atoms with Gasteiger partial charge in [0.1, 0.15) is 0 Å². The Kier molecular flexibility index (Phi) is 3.93. The highest BCUT2D eigenvalue weighted by molar-refractivity contribution is 5.30. The van der Waals surface area contributed by atoms with Crippen molar-refractivity contribution in [3.8, 4) is 0 Å². The Hall–Kier alpha value is -0.900. The third-order valence-corrected chi connectivity index (χ3v) is 3.01. The molecule has 1 N–H and O–H groups in total. The minimum Gasteiger partial charge on any atom is -0.379 e. The van der Waals surface area contributed by atoms with Crippen LogP contribution in [-0.4, -0.2) is 31.3 Å². The average Bonchev–Trinajstić information content (AvgIpc) is 2.32. The molecule has 0 amide bonds. The highest BCUT2D eigenvalue weighted by Gasteiger charge is 2.09. The summed E-state index contributed by atoms with van der Waals surface area (Å²) in [6.07, 6.45) is 0. The first kappa shape index (κ1) is 11.6. The van der Waals surface area contributed by atoms with Crippen molar-refractivity contribution in [1.29, 1.82) is 0 Å². The van der Waals surface area contributed by atoms with Crippen LogP contribution >= 0.6 is 0 Å². The van der Waals surface area contributed by atoms with Crippen LogP contribution in [0, 0.1) is 13.8 Å². The van der Waals surface area contributed by atoms with E-state index in [0.717, 1.165) is 32.8 Å². The molecule has 0 spiro atoms. The Morgan fingerprint density at radius 1 is 1.25 bits per heavy atom. The van der Waals surface area contributed by atoms with Crippen LogP contribution in [-0.2, 0) is 11.3 Å². The molecule has 1 aromatic rings. The molecular formula is C13H20N2O. The van der Waals surface area contributed by atoms with E-state index >= 15 is 0 Å². The van der Waals surface area contributed by atoms with E-state index < -0.39 is 0 Å². The van der Waals surface area contributed by atoms with Gasteiger partial charge in [-0.05, 0) is 25.0 Å². The molecule has 0 aromatic heterocycles. The summed E-state index contributed by atoms with van der Waals surface area (Å²) in [4.78, 5) is 0. The number of aryl methyl sites for hydroxylation is 2. The molecule has 1 heterocycles. The molecule has 0 radical (unpaired) electrons. The largest absolute Gasteiger partial charge is 0.379 e. The molecule has 3 nitrogen and oxygen atoms in total. The van der Waals surface area contributed by atoms with E-state index in [-0.39, 0.29) is 0 Å². The van der Waals surface area contributed by atoms with Gasteiger partial charge in [0.25, 0.3) is 0 Å². The van der Waals surface area contributed by atoms with Crippen molar-refractivity contribution < 1.29 is 4.74 Å². The zero-order chi connectivity index (χ0) is 11.4. The quantitative estimate of drug-likeness (QED) is 0.838. The molecule has 0 aliphatic carbocycles. The summed E-state index contributed by atoms with van der Waals surface area (Å²) in [6.45, 7) is 8.83. The van der Waals surface area contributed by atoms with Crippen LogP contribution in [0.15, 0.2) is 18.2 Å². The lowest BCUT2D eigenvalue weighted by atomic mass is 10.1. The molecule has 0 atom stereocenters. The van der Waals surface area contributed by atoms with Crippen molar-refractivity contribution in [2.75, 3.05) is 26.3 Å². The molecule has 3 heteroatoms. The van der Waals surface area contributed by atoms with Gasteiger partial charge in [0.2, 0.25) is 0 Å². The summed E-state index contributed by atoms with van der Waals surface area (Å²) in [6, 6.07) is 6.60. The van der Waals surface area contributed by atoms with Crippen LogP contribution < -0.4 is 5.43 Å². The van der Waals surface area contributed by atoms with E-state index in [1.807, 2.05) is 0 Å². The molecule has 0 saturated carbocycles. The first-order valence-electron chi connectivity index (χ1n) is 5.88. The third kappa shape index (κ3) is 3.04. The molecule has 1 fully saturated rings. The van der Waals surface area contributed by atoms with Gasteiger partial charge in [-0.25, -0.2) is 5.01 Å². The second kappa shape index (κ2) is 5.43. The first-order chi connectivity index (χ1) is 7.75. The number of hydrogen-bond donors (Lipinski definition) is 1. The molecule has 2 rings (SSSR count). The normalized spacial score (nSPS) is 17.6. The standard InChI is InChI=1S/C13H20N2O/c1-11-3-4-12(2)13(9-11)10-14-15-5-7-16-8-6-15/h3-4,9,14H,5-8,10H2,1-2H3. The molecule has 0 unspecified atom stereocenters. The number of rotatable bonds is 3. The van der Waals surface area contributed by atoms with Crippen LogP contribution in [0.1, 0.15) is 16.7 Å². The number of hydrazine groups is 1. The molecule has 1 aliphatic heterocycles. The smallest absolute Gasteiger partial charge is 0.0608 e. The van der Waals surface area contributed by atoms with Crippen molar-refractivity contribution in [2.24, 2.45) is 0 Å². The van der Waals surface area contributed by atoms with Crippen molar-refractivity contribution in [3.63, 3.8) is 0 Å². The van der Waals surface area contributed by atoms with Gasteiger partial charge in [-0.1, -0.05) is 23.8 Å². The maximum atomic E-state index is 5.31. The Balaban J connectivity index is 1.90. The lowest BCUT2D eigenvalue weighted by molar-refractivity contribution is 0.0105. The monoisotopic (exact) mass is 220 g/mol. The molecule has 16 heavy (non-hydrogen) atoms. The fourth-order valence-electron chi connectivity index (χ4n) is 1.91. The van der Waals surface area contributed by atoms with E-state index in [0.29, 0.717) is 0 Å². The molecule has 1 saturated heterocycles. The number of benzene rings is 1. The van der Waals surface area contributed by atoms with Gasteiger partial charge < -0.3 is 4.74 Å². The fraction of sp³-hybridized carbons (Fsp3) is 0.538. The predicted octanol–water partition coefficient (Wildman–Crippen LogP) is 1.64. The van der Waals surface area contributed by atoms with Gasteiger partial charge in [0, 0.05) is 19.6 Å². The lowest BCUT2D eigenvalue weighted by Crippen LogP contribution is -2.45. The van der Waals surface area contributed by atoms with Gasteiger partial charge in [-0.15, -0.1) is 0 Å². The van der Waals surface area contributed by atoms with Crippen molar-refractivity contribution in [1.82, 2.24) is 10.4 Å². The van der Waals surface area contributed by atoms with Crippen molar-refractivity contribution in [3.05, 3.63) is 34.9 Å². The zero-order valence-electron chi connectivity index (χ0n) is 10.1. The van der Waals surface area contributed by atoms with Gasteiger partial charge in [0.15, 0.2) is 0 Å². The maximum Gasteiger partial charge on any atom is 0.0608 e. The lowest BCUT2D eigenvalue weighted by Gasteiger charge is -2.27. The molecule has 88 valence electrons. The minimum atomic E-state index is 0.833. The molecule has 1 aromatic carbocycles. The van der Waals surface area contributed by atoms with Crippen LogP contribution in [0.25, 0.3) is 0 Å². The van der Waals surface area contributed by atoms with E-state index in [4.69, 9.17) is 4.74 Å². The number of nitrogens with zero attached hydrogens (tertiary/aromatic N) is 1. The minimum absolute atomic E-state index is 0.833. The van der Waals surface area contributed by atoms with Crippen LogP contribution in [0.5, 0.6) is 0 Å². The van der Waals surface area contributed by atoms with Crippen molar-refractivity contribution >= 4 is 0 Å². The Bertz CT molecular complexity index is 346. The predicted molar refractivity (Wildman–Crippen MR) is 65.1 cm³/mol. The van der Waals surface area contributed by atoms with E-state index in [9.17, 15) is 0 Å². The summed E-state index contributed by atoms with van der Waals surface area (Å²) < 4.78 is 5.31. The summed E-state index contributed by atoms with van der Waals surface area (Å²) in [5.41, 5.74) is 7.52. The molecule has 1 aliphatic rings. The Morgan fingerprint density at radius 3 is 2.75 bits per heavy atom. The summed E-state index contributed by atoms with van der Waals surface area (Å²) >= 11 is 0. The first-order valence-corrected chi connectivity index (χ1v) is 5.88. The summed E-state index contributed by atoms with van der Waals surface area (Å²) in [5, 5.41) is 2.24. The number of hydrogen-bond acceptors (Lipinski definition) is 3. The van der Waals surface area contributed by atoms with Crippen molar-refractivity contribution in [2.45, 2.75) is 20.4 Å². The molecule has 0 bridgehead atoms. The highest BCUT2D eigenvalue weighted by atomic mass is 16.5. The average molecular weight is 220 g/mol. The second-order valence-electron chi connectivity index (χ2n) is 4.36. The molecular weight excluding hydrogens is 200 g/mol. The third-order valence-electron chi connectivity index (χ3n) is 3.01. The Morgan fingerprint density at radius 2 is 2.00 bits per heavy atom. The zero-order valence-corrected chi connectivity index (χ0v) is 10.1. The van der Waals surface area contributed by atoms with E-state index in [2.05, 4.69) is 42.5 Å². The number of morpholine rings is 1. The summed E-state index contributed by atoms with van der Waals surface area (Å²) in [7, 11) is 0. The van der Waals surface area contributed by atoms with Gasteiger partial charge in [0.05, 0.1) is 13.2 Å². The SMILES string of the molecule is Cc1ccc(C)c(CNN2CCOCC2)c1. The van der Waals surface area contributed by atoms with Crippen LogP contribution in [0.2, 0.25) is 0 Å². The highest BCUT2D eigenvalue weighted by Crippen LogP contribution is 2.10. The fourth-order valence-corrected chi connectivity index (χ4v) is 1.91. The van der Waals surface area contributed by atoms with Gasteiger partial charge >= 0.3 is 0 Å². The van der Waals surface area contributed by atoms with Crippen LogP contribution in [0.3, 0.4) is 0 Å². The Labute approximate surface area is 97.4 Å². The second-order valence-corrected chi connectivity index (χ2v) is 4.36. The van der Waals surface area contributed by atoms with Gasteiger partial charge in [-0.3, -0.25) is 5.43 Å². The number of nitrogens with one attached hydrogen (secondary N) is 1. The maximum absolute atomic E-state index is 5.31. The number of ether oxygens (including phenoxy) is 1.